The quantitative estimate of drug-likeness (QED) is 0.758. The molecule has 3 aromatic rings. The number of hydrogen-bond acceptors (Lipinski definition) is 1. The molecule has 22 heavy (non-hydrogen) atoms. The van der Waals surface area contributed by atoms with E-state index in [0.717, 1.165) is 22.3 Å². The molecule has 2 aromatic heterocycles. The number of aryl methyl sites for hydroxylation is 1. The van der Waals surface area contributed by atoms with E-state index >= 15 is 0 Å². The molecule has 0 atom stereocenters. The standard InChI is InChI=1S/C16H17ClN4O/c1-20-9-11(17)8-12(20)10-21(2)16(22)19-15-5-3-4-14-13(15)6-7-18-14/h3-9,18H,10H2,1-2H3,(H,19,22). The molecule has 0 aliphatic carbocycles. The fraction of sp³-hybridized carbons (Fsp3) is 0.188. The number of halogens is 1. The van der Waals surface area contributed by atoms with Gasteiger partial charge in [0.1, 0.15) is 0 Å². The van der Waals surface area contributed by atoms with Crippen molar-refractivity contribution in [1.29, 1.82) is 0 Å². The molecule has 2 heterocycles. The summed E-state index contributed by atoms with van der Waals surface area (Å²) >= 11 is 5.97. The zero-order valence-corrected chi connectivity index (χ0v) is 13.2. The smallest absolute Gasteiger partial charge is 0.321 e. The number of aromatic amines is 1. The summed E-state index contributed by atoms with van der Waals surface area (Å²) < 4.78 is 1.92. The van der Waals surface area contributed by atoms with Crippen molar-refractivity contribution in [2.24, 2.45) is 7.05 Å². The van der Waals surface area contributed by atoms with Gasteiger partial charge in [0.25, 0.3) is 0 Å². The van der Waals surface area contributed by atoms with E-state index in [1.807, 2.05) is 54.3 Å². The van der Waals surface area contributed by atoms with E-state index in [9.17, 15) is 4.79 Å². The van der Waals surface area contributed by atoms with Gasteiger partial charge in [-0.15, -0.1) is 0 Å². The van der Waals surface area contributed by atoms with Crippen LogP contribution in [-0.2, 0) is 13.6 Å². The molecule has 0 saturated heterocycles. The van der Waals surface area contributed by atoms with Crippen LogP contribution in [0.1, 0.15) is 5.69 Å². The molecule has 2 amide bonds. The van der Waals surface area contributed by atoms with Crippen molar-refractivity contribution in [3.63, 3.8) is 0 Å². The van der Waals surface area contributed by atoms with Crippen LogP contribution in [-0.4, -0.2) is 27.5 Å². The first kappa shape index (κ1) is 14.5. The number of aromatic nitrogens is 2. The first-order valence-electron chi connectivity index (χ1n) is 6.93. The Balaban J connectivity index is 1.74. The van der Waals surface area contributed by atoms with Crippen LogP contribution in [0.15, 0.2) is 42.7 Å². The van der Waals surface area contributed by atoms with Crippen LogP contribution in [0.4, 0.5) is 10.5 Å². The number of carbonyl (C=O) groups excluding carboxylic acids is 1. The van der Waals surface area contributed by atoms with Crippen LogP contribution in [0.2, 0.25) is 5.02 Å². The highest BCUT2D eigenvalue weighted by atomic mass is 35.5. The number of nitrogens with zero attached hydrogens (tertiary/aromatic N) is 2. The van der Waals surface area contributed by atoms with Crippen LogP contribution >= 0.6 is 11.6 Å². The summed E-state index contributed by atoms with van der Waals surface area (Å²) in [5, 5.41) is 4.60. The minimum absolute atomic E-state index is 0.161. The Morgan fingerprint density at radius 2 is 2.23 bits per heavy atom. The van der Waals surface area contributed by atoms with Crippen molar-refractivity contribution in [2.75, 3.05) is 12.4 Å². The number of rotatable bonds is 3. The van der Waals surface area contributed by atoms with Gasteiger partial charge in [-0.3, -0.25) is 0 Å². The largest absolute Gasteiger partial charge is 0.361 e. The van der Waals surface area contributed by atoms with E-state index < -0.39 is 0 Å². The number of anilines is 1. The monoisotopic (exact) mass is 316 g/mol. The van der Waals surface area contributed by atoms with Crippen molar-refractivity contribution in [3.8, 4) is 0 Å². The molecule has 2 N–H and O–H groups in total. The fourth-order valence-electron chi connectivity index (χ4n) is 2.44. The molecule has 3 rings (SSSR count). The van der Waals surface area contributed by atoms with Gasteiger partial charge >= 0.3 is 6.03 Å². The van der Waals surface area contributed by atoms with Crippen molar-refractivity contribution < 1.29 is 4.79 Å². The Hall–Kier alpha value is -2.40. The summed E-state index contributed by atoms with van der Waals surface area (Å²) in [6.07, 6.45) is 3.68. The number of amides is 2. The number of nitrogens with one attached hydrogen (secondary N) is 2. The van der Waals surface area contributed by atoms with E-state index in [4.69, 9.17) is 11.6 Å². The average Bonchev–Trinajstić information content (AvgIpc) is 3.06. The van der Waals surface area contributed by atoms with E-state index in [0.29, 0.717) is 11.6 Å². The summed E-state index contributed by atoms with van der Waals surface area (Å²) in [7, 11) is 3.67. The van der Waals surface area contributed by atoms with Gasteiger partial charge < -0.3 is 19.8 Å². The zero-order valence-electron chi connectivity index (χ0n) is 12.4. The number of benzene rings is 1. The molecule has 0 unspecified atom stereocenters. The molecule has 1 aromatic carbocycles. The second kappa shape index (κ2) is 5.77. The van der Waals surface area contributed by atoms with Crippen molar-refractivity contribution in [3.05, 3.63) is 53.4 Å². The molecule has 6 heteroatoms. The summed E-state index contributed by atoms with van der Waals surface area (Å²) in [5.74, 6) is 0. The number of fused-ring (bicyclic) bond motifs is 1. The maximum atomic E-state index is 12.4. The molecule has 0 aliphatic heterocycles. The predicted octanol–water partition coefficient (Wildman–Crippen LogP) is 3.82. The van der Waals surface area contributed by atoms with Gasteiger partial charge in [0, 0.05) is 43.1 Å². The fourth-order valence-corrected chi connectivity index (χ4v) is 2.72. The van der Waals surface area contributed by atoms with Crippen molar-refractivity contribution in [2.45, 2.75) is 6.54 Å². The number of urea groups is 1. The van der Waals surface area contributed by atoms with Gasteiger partial charge in [0.15, 0.2) is 0 Å². The molecule has 0 spiro atoms. The first-order chi connectivity index (χ1) is 10.5. The minimum atomic E-state index is -0.161. The molecule has 0 saturated carbocycles. The highest BCUT2D eigenvalue weighted by Gasteiger charge is 2.13. The third-order valence-electron chi connectivity index (χ3n) is 3.66. The summed E-state index contributed by atoms with van der Waals surface area (Å²) in [5.41, 5.74) is 2.76. The third-order valence-corrected chi connectivity index (χ3v) is 3.86. The van der Waals surface area contributed by atoms with Crippen molar-refractivity contribution in [1.82, 2.24) is 14.5 Å². The predicted molar refractivity (Wildman–Crippen MR) is 89.2 cm³/mol. The lowest BCUT2D eigenvalue weighted by Gasteiger charge is -2.18. The molecule has 0 bridgehead atoms. The van der Waals surface area contributed by atoms with Crippen LogP contribution in [0.5, 0.6) is 0 Å². The maximum absolute atomic E-state index is 12.4. The van der Waals surface area contributed by atoms with Gasteiger partial charge in [-0.05, 0) is 24.3 Å². The second-order valence-electron chi connectivity index (χ2n) is 5.29. The Labute approximate surface area is 133 Å². The van der Waals surface area contributed by atoms with E-state index in [2.05, 4.69) is 10.3 Å². The van der Waals surface area contributed by atoms with Gasteiger partial charge in [-0.1, -0.05) is 17.7 Å². The van der Waals surface area contributed by atoms with Crippen molar-refractivity contribution >= 4 is 34.2 Å². The average molecular weight is 317 g/mol. The summed E-state index contributed by atoms with van der Waals surface area (Å²) in [6, 6.07) is 9.42. The van der Waals surface area contributed by atoms with E-state index in [1.54, 1.807) is 11.9 Å². The molecular formula is C16H17ClN4O. The Morgan fingerprint density at radius 3 is 2.95 bits per heavy atom. The van der Waals surface area contributed by atoms with Crippen LogP contribution < -0.4 is 5.32 Å². The van der Waals surface area contributed by atoms with Gasteiger partial charge in [0.05, 0.1) is 17.3 Å². The lowest BCUT2D eigenvalue weighted by atomic mass is 10.2. The number of H-pyrrole nitrogens is 1. The normalized spacial score (nSPS) is 10.9. The Morgan fingerprint density at radius 1 is 1.41 bits per heavy atom. The molecule has 0 aliphatic rings. The van der Waals surface area contributed by atoms with Crippen LogP contribution in [0, 0.1) is 0 Å². The van der Waals surface area contributed by atoms with Gasteiger partial charge in [-0.2, -0.15) is 0 Å². The zero-order chi connectivity index (χ0) is 15.7. The topological polar surface area (TPSA) is 53.1 Å². The highest BCUT2D eigenvalue weighted by molar-refractivity contribution is 6.30. The van der Waals surface area contributed by atoms with E-state index in [-0.39, 0.29) is 6.03 Å². The lowest BCUT2D eigenvalue weighted by molar-refractivity contribution is 0.220. The molecule has 0 fully saturated rings. The molecule has 114 valence electrons. The SMILES string of the molecule is CN(Cc1cc(Cl)cn1C)C(=O)Nc1cccc2[nH]ccc12. The first-order valence-corrected chi connectivity index (χ1v) is 7.31. The number of hydrogen-bond donors (Lipinski definition) is 2. The maximum Gasteiger partial charge on any atom is 0.321 e. The summed E-state index contributed by atoms with van der Waals surface area (Å²) in [4.78, 5) is 17.1. The minimum Gasteiger partial charge on any atom is -0.361 e. The second-order valence-corrected chi connectivity index (χ2v) is 5.73. The van der Waals surface area contributed by atoms with E-state index in [1.165, 1.54) is 0 Å². The lowest BCUT2D eigenvalue weighted by Crippen LogP contribution is -2.31. The van der Waals surface area contributed by atoms with Gasteiger partial charge in [-0.25, -0.2) is 4.79 Å². The molecule has 0 radical (unpaired) electrons. The van der Waals surface area contributed by atoms with Crippen LogP contribution in [0.3, 0.4) is 0 Å². The summed E-state index contributed by atoms with van der Waals surface area (Å²) in [6.45, 7) is 0.484. The van der Waals surface area contributed by atoms with Crippen LogP contribution in [0.25, 0.3) is 10.9 Å². The molecule has 5 nitrogen and oxygen atoms in total. The Bertz CT molecular complexity index is 821. The Kier molecular flexibility index (Phi) is 3.81. The third kappa shape index (κ3) is 2.80. The number of carbonyl (C=O) groups is 1. The molecular weight excluding hydrogens is 300 g/mol. The van der Waals surface area contributed by atoms with Gasteiger partial charge in [0.2, 0.25) is 0 Å². The highest BCUT2D eigenvalue weighted by Crippen LogP contribution is 2.22.